The summed E-state index contributed by atoms with van der Waals surface area (Å²) in [4.78, 5) is 12.0. The number of carbonyl (C=O) groups is 1. The summed E-state index contributed by atoms with van der Waals surface area (Å²) >= 11 is 0. The fraction of sp³-hybridized carbons (Fsp3) is 0.278. The number of carbonyl (C=O) groups excluding carboxylic acids is 1. The van der Waals surface area contributed by atoms with E-state index in [2.05, 4.69) is 44.2 Å². The molecule has 0 aromatic heterocycles. The van der Waals surface area contributed by atoms with Gasteiger partial charge in [0.1, 0.15) is 7.85 Å². The van der Waals surface area contributed by atoms with Crippen LogP contribution in [0.4, 0.5) is 0 Å². The Hall–Kier alpha value is -2.03. The van der Waals surface area contributed by atoms with Crippen molar-refractivity contribution >= 4 is 19.3 Å². The van der Waals surface area contributed by atoms with Gasteiger partial charge in [-0.25, -0.2) is 0 Å². The average molecular weight is 280 g/mol. The predicted molar refractivity (Wildman–Crippen MR) is 89.7 cm³/mol. The first-order valence-corrected chi connectivity index (χ1v) is 7.30. The highest BCUT2D eigenvalue weighted by Crippen LogP contribution is 2.27. The largest absolute Gasteiger partial charge is 0.465 e. The lowest BCUT2D eigenvalue weighted by molar-refractivity contribution is -0.148. The van der Waals surface area contributed by atoms with E-state index in [0.29, 0.717) is 6.61 Å². The zero-order chi connectivity index (χ0) is 15.5. The molecule has 108 valence electrons. The Kier molecular flexibility index (Phi) is 4.51. The Balaban J connectivity index is 2.26. The number of ether oxygens (including phenoxy) is 1. The molecule has 0 radical (unpaired) electrons. The summed E-state index contributed by atoms with van der Waals surface area (Å²) in [6.45, 7) is 6.02. The normalized spacial score (nSPS) is 11.2. The lowest BCUT2D eigenvalue weighted by Crippen LogP contribution is -2.31. The van der Waals surface area contributed by atoms with E-state index in [-0.39, 0.29) is 5.97 Å². The lowest BCUT2D eigenvalue weighted by atomic mass is 9.84. The van der Waals surface area contributed by atoms with Crippen LogP contribution in [0.3, 0.4) is 0 Å². The molecule has 0 spiro atoms. The molecule has 0 bridgehead atoms. The number of rotatable bonds is 4. The third-order valence-electron chi connectivity index (χ3n) is 3.78. The zero-order valence-electron chi connectivity index (χ0n) is 13.1. The van der Waals surface area contributed by atoms with Gasteiger partial charge in [0, 0.05) is 0 Å². The number of hydrogen-bond acceptors (Lipinski definition) is 2. The molecule has 0 amide bonds. The van der Waals surface area contributed by atoms with E-state index in [1.165, 1.54) is 11.0 Å². The second kappa shape index (κ2) is 6.17. The van der Waals surface area contributed by atoms with Crippen molar-refractivity contribution in [3.63, 3.8) is 0 Å². The average Bonchev–Trinajstić information content (AvgIpc) is 2.48. The molecule has 0 fully saturated rings. The SMILES string of the molecule is Bc1ccc(-c2ccc(C(C)(C)C(=O)OCC)cc2)cc1. The van der Waals surface area contributed by atoms with E-state index >= 15 is 0 Å². The van der Waals surface area contributed by atoms with Crippen LogP contribution in [-0.4, -0.2) is 20.4 Å². The van der Waals surface area contributed by atoms with Crippen LogP contribution in [-0.2, 0) is 14.9 Å². The van der Waals surface area contributed by atoms with E-state index in [4.69, 9.17) is 4.74 Å². The van der Waals surface area contributed by atoms with Gasteiger partial charge in [0.2, 0.25) is 0 Å². The first-order valence-electron chi connectivity index (χ1n) is 7.30. The van der Waals surface area contributed by atoms with Gasteiger partial charge >= 0.3 is 5.97 Å². The topological polar surface area (TPSA) is 26.3 Å². The molecule has 0 unspecified atom stereocenters. The van der Waals surface area contributed by atoms with E-state index in [0.717, 1.165) is 11.1 Å². The third-order valence-corrected chi connectivity index (χ3v) is 3.78. The monoisotopic (exact) mass is 280 g/mol. The summed E-state index contributed by atoms with van der Waals surface area (Å²) in [5.41, 5.74) is 3.93. The fourth-order valence-electron chi connectivity index (χ4n) is 2.25. The van der Waals surface area contributed by atoms with Crippen molar-refractivity contribution in [2.75, 3.05) is 6.61 Å². The second-order valence-corrected chi connectivity index (χ2v) is 5.79. The fourth-order valence-corrected chi connectivity index (χ4v) is 2.25. The molecular weight excluding hydrogens is 259 g/mol. The van der Waals surface area contributed by atoms with Crippen LogP contribution in [0.2, 0.25) is 0 Å². The van der Waals surface area contributed by atoms with Crippen molar-refractivity contribution in [1.82, 2.24) is 0 Å². The van der Waals surface area contributed by atoms with Gasteiger partial charge in [-0.05, 0) is 37.5 Å². The summed E-state index contributed by atoms with van der Waals surface area (Å²) in [5, 5.41) is 0. The van der Waals surface area contributed by atoms with Gasteiger partial charge in [-0.2, -0.15) is 0 Å². The van der Waals surface area contributed by atoms with Gasteiger partial charge in [0.25, 0.3) is 0 Å². The number of benzene rings is 2. The van der Waals surface area contributed by atoms with Gasteiger partial charge in [0.15, 0.2) is 0 Å². The van der Waals surface area contributed by atoms with Crippen molar-refractivity contribution in [3.8, 4) is 11.1 Å². The Bertz CT molecular complexity index is 613. The number of hydrogen-bond donors (Lipinski definition) is 0. The molecule has 0 aliphatic rings. The van der Waals surface area contributed by atoms with Gasteiger partial charge in [-0.1, -0.05) is 54.0 Å². The Morgan fingerprint density at radius 3 is 1.95 bits per heavy atom. The predicted octanol–water partition coefficient (Wildman–Crippen LogP) is 2.45. The molecule has 21 heavy (non-hydrogen) atoms. The standard InChI is InChI=1S/C18H21BO2/c1-4-21-17(20)18(2,3)15-9-5-13(6-10-15)14-7-11-16(19)12-8-14/h5-12H,4,19H2,1-3H3. The maximum absolute atomic E-state index is 12.0. The van der Waals surface area contributed by atoms with Crippen LogP contribution < -0.4 is 5.46 Å². The van der Waals surface area contributed by atoms with Crippen molar-refractivity contribution in [1.29, 1.82) is 0 Å². The molecule has 0 atom stereocenters. The third kappa shape index (κ3) is 3.36. The highest BCUT2D eigenvalue weighted by molar-refractivity contribution is 6.32. The molecule has 2 aromatic rings. The van der Waals surface area contributed by atoms with Crippen LogP contribution in [0.25, 0.3) is 11.1 Å². The Morgan fingerprint density at radius 2 is 1.48 bits per heavy atom. The maximum Gasteiger partial charge on any atom is 0.315 e. The molecule has 2 nitrogen and oxygen atoms in total. The van der Waals surface area contributed by atoms with Crippen LogP contribution >= 0.6 is 0 Å². The minimum Gasteiger partial charge on any atom is -0.465 e. The smallest absolute Gasteiger partial charge is 0.315 e. The molecule has 2 aromatic carbocycles. The lowest BCUT2D eigenvalue weighted by Gasteiger charge is -2.23. The van der Waals surface area contributed by atoms with Gasteiger partial charge in [-0.3, -0.25) is 4.79 Å². The number of esters is 1. The molecule has 0 saturated carbocycles. The van der Waals surface area contributed by atoms with Gasteiger partial charge in [0.05, 0.1) is 12.0 Å². The molecule has 0 saturated heterocycles. The van der Waals surface area contributed by atoms with Crippen LogP contribution in [0.1, 0.15) is 26.3 Å². The zero-order valence-corrected chi connectivity index (χ0v) is 13.1. The summed E-state index contributed by atoms with van der Waals surface area (Å²) in [5.74, 6) is -0.187. The van der Waals surface area contributed by atoms with Crippen LogP contribution in [0, 0.1) is 0 Å². The molecular formula is C18H21BO2. The van der Waals surface area contributed by atoms with Crippen molar-refractivity contribution < 1.29 is 9.53 Å². The minimum atomic E-state index is -0.623. The van der Waals surface area contributed by atoms with E-state index in [1.54, 1.807) is 0 Å². The molecule has 3 heteroatoms. The van der Waals surface area contributed by atoms with E-state index < -0.39 is 5.41 Å². The quantitative estimate of drug-likeness (QED) is 0.635. The van der Waals surface area contributed by atoms with Gasteiger partial charge in [-0.15, -0.1) is 0 Å². The first kappa shape index (κ1) is 15.4. The minimum absolute atomic E-state index is 0.187. The second-order valence-electron chi connectivity index (χ2n) is 5.79. The highest BCUT2D eigenvalue weighted by atomic mass is 16.5. The highest BCUT2D eigenvalue weighted by Gasteiger charge is 2.31. The maximum atomic E-state index is 12.0. The molecule has 0 aliphatic carbocycles. The summed E-state index contributed by atoms with van der Waals surface area (Å²) in [7, 11) is 2.08. The molecule has 0 aliphatic heterocycles. The van der Waals surface area contributed by atoms with Crippen molar-refractivity contribution in [2.45, 2.75) is 26.2 Å². The van der Waals surface area contributed by atoms with Crippen LogP contribution in [0.5, 0.6) is 0 Å². The van der Waals surface area contributed by atoms with Crippen molar-refractivity contribution in [2.24, 2.45) is 0 Å². The van der Waals surface area contributed by atoms with Crippen molar-refractivity contribution in [3.05, 3.63) is 54.1 Å². The molecule has 0 heterocycles. The van der Waals surface area contributed by atoms with Crippen LogP contribution in [0.15, 0.2) is 48.5 Å². The summed E-state index contributed by atoms with van der Waals surface area (Å²) in [6, 6.07) is 16.6. The Morgan fingerprint density at radius 1 is 1.00 bits per heavy atom. The first-order chi connectivity index (χ1) is 9.95. The van der Waals surface area contributed by atoms with Gasteiger partial charge < -0.3 is 4.74 Å². The molecule has 0 N–H and O–H groups in total. The van der Waals surface area contributed by atoms with E-state index in [9.17, 15) is 4.79 Å². The van der Waals surface area contributed by atoms with E-state index in [1.807, 2.05) is 32.9 Å². The molecule has 2 rings (SSSR count). The Labute approximate surface area is 127 Å². The summed E-state index contributed by atoms with van der Waals surface area (Å²) in [6.07, 6.45) is 0. The summed E-state index contributed by atoms with van der Waals surface area (Å²) < 4.78 is 5.15.